The van der Waals surface area contributed by atoms with Crippen LogP contribution in [-0.2, 0) is 57.5 Å². The molecule has 1 aromatic rings. The van der Waals surface area contributed by atoms with Crippen LogP contribution in [0.5, 0.6) is 0 Å². The summed E-state index contributed by atoms with van der Waals surface area (Å²) in [5.74, 6) is -1.74. The summed E-state index contributed by atoms with van der Waals surface area (Å²) in [7, 11) is 0. The van der Waals surface area contributed by atoms with E-state index in [1.807, 2.05) is 0 Å². The van der Waals surface area contributed by atoms with Crippen LogP contribution in [0.3, 0.4) is 0 Å². The summed E-state index contributed by atoms with van der Waals surface area (Å²) in [6, 6.07) is 6.76. The number of rotatable bonds is 14. The van der Waals surface area contributed by atoms with Crippen molar-refractivity contribution in [1.29, 1.82) is 0 Å². The first kappa shape index (κ1) is 36.5. The summed E-state index contributed by atoms with van der Waals surface area (Å²) in [4.78, 5) is 45.6. The Hall–Kier alpha value is -3.61. The number of carbonyl (C=O) groups excluding carboxylic acids is 4. The Balaban J connectivity index is 0. The molecule has 0 saturated heterocycles. The fourth-order valence-electron chi connectivity index (χ4n) is 1.88. The number of benzene rings is 1. The van der Waals surface area contributed by atoms with E-state index in [1.54, 1.807) is 13.8 Å². The van der Waals surface area contributed by atoms with Crippen molar-refractivity contribution in [1.82, 2.24) is 0 Å². The van der Waals surface area contributed by atoms with Crippen LogP contribution in [0, 0.1) is 13.0 Å². The first-order valence-corrected chi connectivity index (χ1v) is 11.2. The quantitative estimate of drug-likeness (QED) is 0.0610. The zero-order valence-corrected chi connectivity index (χ0v) is 22.7. The van der Waals surface area contributed by atoms with Gasteiger partial charge in [-0.2, -0.15) is 18.2 Å². The van der Waals surface area contributed by atoms with Crippen molar-refractivity contribution in [3.8, 4) is 0 Å². The molecule has 1 rings (SSSR count). The molecule has 0 amide bonds. The van der Waals surface area contributed by atoms with Gasteiger partial charge >= 0.3 is 31.5 Å². The Kier molecular flexibility index (Phi) is 21.7. The predicted octanol–water partition coefficient (Wildman–Crippen LogP) is 3.26. The van der Waals surface area contributed by atoms with Gasteiger partial charge in [-0.3, -0.25) is 9.59 Å². The van der Waals surface area contributed by atoms with Gasteiger partial charge in [0.05, 0.1) is 12.4 Å². The molecule has 0 fully saturated rings. The van der Waals surface area contributed by atoms with E-state index in [0.29, 0.717) is 11.3 Å². The summed E-state index contributed by atoms with van der Waals surface area (Å²) in [6.45, 7) is 18.6. The van der Waals surface area contributed by atoms with Crippen LogP contribution in [0.15, 0.2) is 54.8 Å². The third kappa shape index (κ3) is 18.6. The standard InChI is InChI=1S/C20H23O8.C6H9O2.Co.O/c1-14(2)18(21)25-10-11-27-20(23)17-7-5-6-16(12-17)19(22)26-9-8-24-13-28-15(3)4;1-4-8-6(7)5(2)3;;/h6-7,12H,1,3,8-11,13H2,2,4H3;1-2,4H2,3H3;;/q2*-1;;. The molecule has 0 aliphatic carbocycles. The van der Waals surface area contributed by atoms with Gasteiger partial charge in [0, 0.05) is 11.1 Å². The molecule has 0 bridgehead atoms. The molecule has 0 aromatic heterocycles. The molecule has 38 heavy (non-hydrogen) atoms. The van der Waals surface area contributed by atoms with E-state index < -0.39 is 17.9 Å². The average molecular weight is 579 g/mol. The monoisotopic (exact) mass is 579 g/mol. The second-order valence-corrected chi connectivity index (χ2v) is 6.99. The summed E-state index contributed by atoms with van der Waals surface area (Å²) >= 11 is 2.31. The van der Waals surface area contributed by atoms with Crippen molar-refractivity contribution in [2.24, 2.45) is 0 Å². The molecule has 0 N–H and O–H groups in total. The van der Waals surface area contributed by atoms with Crippen molar-refractivity contribution in [2.45, 2.75) is 20.8 Å². The summed E-state index contributed by atoms with van der Waals surface area (Å²) in [6.07, 6.45) is 0. The second-order valence-electron chi connectivity index (χ2n) is 6.99. The van der Waals surface area contributed by atoms with Crippen molar-refractivity contribution >= 4 is 23.9 Å². The average Bonchev–Trinajstić information content (AvgIpc) is 2.89. The molecule has 0 aliphatic heterocycles. The van der Waals surface area contributed by atoms with Crippen molar-refractivity contribution in [3.05, 3.63) is 79.0 Å². The van der Waals surface area contributed by atoms with Gasteiger partial charge in [0.25, 0.3) is 11.9 Å². The number of esters is 4. The normalized spacial score (nSPS) is 9.18. The van der Waals surface area contributed by atoms with Gasteiger partial charge in [0.1, 0.15) is 19.8 Å². The zero-order valence-electron chi connectivity index (χ0n) is 21.6. The van der Waals surface area contributed by atoms with E-state index >= 15 is 0 Å². The van der Waals surface area contributed by atoms with Crippen LogP contribution in [0.25, 0.3) is 0 Å². The maximum atomic E-state index is 12.0. The Morgan fingerprint density at radius 2 is 1.21 bits per heavy atom. The number of allylic oxidation sites excluding steroid dienone is 1. The van der Waals surface area contributed by atoms with Gasteiger partial charge in [0.15, 0.2) is 6.79 Å². The third-order valence-corrected chi connectivity index (χ3v) is 3.59. The minimum absolute atomic E-state index is 0.0150. The molecule has 0 aliphatic rings. The van der Waals surface area contributed by atoms with Gasteiger partial charge in [-0.15, -0.1) is 6.07 Å². The van der Waals surface area contributed by atoms with Crippen molar-refractivity contribution in [3.63, 3.8) is 0 Å². The maximum absolute atomic E-state index is 12.0. The van der Waals surface area contributed by atoms with E-state index in [4.69, 9.17) is 27.6 Å². The fourth-order valence-corrected chi connectivity index (χ4v) is 1.88. The molecule has 12 heteroatoms. The topological polar surface area (TPSA) is 141 Å². The van der Waals surface area contributed by atoms with E-state index in [1.165, 1.54) is 25.1 Å². The van der Waals surface area contributed by atoms with Crippen molar-refractivity contribution in [2.75, 3.05) is 39.8 Å². The van der Waals surface area contributed by atoms with Crippen LogP contribution >= 0.6 is 0 Å². The van der Waals surface area contributed by atoms with E-state index in [2.05, 4.69) is 53.1 Å². The second kappa shape index (κ2) is 22.6. The molecular weight excluding hydrogens is 547 g/mol. The number of carbonyl (C=O) groups is 4. The van der Waals surface area contributed by atoms with Crippen LogP contribution < -0.4 is 0 Å². The van der Waals surface area contributed by atoms with Crippen LogP contribution in [0.1, 0.15) is 41.5 Å². The van der Waals surface area contributed by atoms with E-state index in [-0.39, 0.29) is 62.5 Å². The van der Waals surface area contributed by atoms with Gasteiger partial charge in [0.2, 0.25) is 0 Å². The van der Waals surface area contributed by atoms with Gasteiger partial charge in [-0.1, -0.05) is 19.7 Å². The summed E-state index contributed by atoms with van der Waals surface area (Å²) in [5, 5.41) is 0. The van der Waals surface area contributed by atoms with Crippen LogP contribution in [0.2, 0.25) is 0 Å². The Morgan fingerprint density at radius 3 is 1.63 bits per heavy atom. The number of ether oxygens (including phenoxy) is 6. The molecule has 0 spiro atoms. The molecular formula is C26H32CoO11-2. The van der Waals surface area contributed by atoms with Gasteiger partial charge in [-0.25, -0.2) is 9.59 Å². The first-order valence-electron chi connectivity index (χ1n) is 10.8. The predicted molar refractivity (Wildman–Crippen MR) is 130 cm³/mol. The van der Waals surface area contributed by atoms with Crippen LogP contribution in [-0.4, -0.2) is 63.7 Å². The first-order chi connectivity index (χ1) is 18.0. The fraction of sp³-hybridized carbons (Fsp3) is 0.346. The molecule has 0 saturated carbocycles. The SMILES string of the molecule is C=C(C)C(=O)OC[CH2-].C=C(C)OCOCCOC(=O)c1c[c-]cc(C(=O)OCCOC(=O)C(=C)C)c1.[O]=[Co]. The Labute approximate surface area is 230 Å². The molecule has 0 unspecified atom stereocenters. The summed E-state index contributed by atoms with van der Waals surface area (Å²) in [5.41, 5.74) is 0.919. The van der Waals surface area contributed by atoms with E-state index in [9.17, 15) is 19.2 Å². The molecule has 11 nitrogen and oxygen atoms in total. The van der Waals surface area contributed by atoms with Crippen molar-refractivity contribution < 1.29 is 67.1 Å². The van der Waals surface area contributed by atoms with Gasteiger partial charge in [-0.05, 0) is 38.5 Å². The third-order valence-electron chi connectivity index (χ3n) is 3.59. The molecule has 1 aromatic carbocycles. The van der Waals surface area contributed by atoms with Crippen LogP contribution in [0.4, 0.5) is 0 Å². The Bertz CT molecular complexity index is 956. The molecule has 213 valence electrons. The Morgan fingerprint density at radius 1 is 0.763 bits per heavy atom. The number of hydrogen-bond acceptors (Lipinski definition) is 11. The number of hydrogen-bond donors (Lipinski definition) is 0. The molecule has 0 atom stereocenters. The van der Waals surface area contributed by atoms with Gasteiger partial charge < -0.3 is 35.3 Å². The molecule has 0 heterocycles. The summed E-state index contributed by atoms with van der Waals surface area (Å²) < 4.78 is 37.3. The zero-order chi connectivity index (χ0) is 29.5. The molecule has 0 radical (unpaired) electrons. The minimum atomic E-state index is -0.683. The van der Waals surface area contributed by atoms with E-state index in [0.717, 1.165) is 0 Å².